The number of imidazole rings is 1. The minimum absolute atomic E-state index is 0.00463. The van der Waals surface area contributed by atoms with Crippen LogP contribution in [0.1, 0.15) is 45.7 Å². The van der Waals surface area contributed by atoms with Crippen LogP contribution in [0.3, 0.4) is 0 Å². The van der Waals surface area contributed by atoms with Gasteiger partial charge in [-0.25, -0.2) is 5.21 Å². The van der Waals surface area contributed by atoms with E-state index in [9.17, 15) is 4.79 Å². The van der Waals surface area contributed by atoms with E-state index in [0.29, 0.717) is 5.82 Å². The van der Waals surface area contributed by atoms with Gasteiger partial charge in [0.15, 0.2) is 0 Å². The molecule has 1 aromatic carbocycles. The molecule has 0 spiro atoms. The van der Waals surface area contributed by atoms with Gasteiger partial charge in [0, 0.05) is 20.5 Å². The van der Waals surface area contributed by atoms with Gasteiger partial charge in [0.1, 0.15) is 6.33 Å². The maximum Gasteiger partial charge on any atom is 0.274 e. The van der Waals surface area contributed by atoms with Gasteiger partial charge in [-0.2, -0.15) is 10.5 Å². The summed E-state index contributed by atoms with van der Waals surface area (Å²) in [5.41, 5.74) is 3.49. The molecule has 0 atom stereocenters. The van der Waals surface area contributed by atoms with Gasteiger partial charge in [-0.3, -0.25) is 4.79 Å². The van der Waals surface area contributed by atoms with Crippen LogP contribution in [-0.2, 0) is 11.3 Å². The van der Waals surface area contributed by atoms with E-state index in [0.717, 1.165) is 12.0 Å². The summed E-state index contributed by atoms with van der Waals surface area (Å²) in [6.45, 7) is 12.3. The first-order chi connectivity index (χ1) is 11.5. The van der Waals surface area contributed by atoms with E-state index in [1.54, 1.807) is 13.4 Å². The second kappa shape index (κ2) is 15.7. The minimum atomic E-state index is 0.00463. The molecule has 136 valence electrons. The van der Waals surface area contributed by atoms with Crippen LogP contribution in [-0.4, -0.2) is 27.7 Å². The van der Waals surface area contributed by atoms with Crippen molar-refractivity contribution in [3.63, 3.8) is 0 Å². The number of rotatable bonds is 3. The number of nitrogens with one attached hydrogen (secondary N) is 1. The van der Waals surface area contributed by atoms with Crippen molar-refractivity contribution in [1.82, 2.24) is 14.9 Å². The van der Waals surface area contributed by atoms with Crippen LogP contribution >= 0.6 is 0 Å². The molecule has 0 saturated heterocycles. The summed E-state index contributed by atoms with van der Waals surface area (Å²) in [5, 5.41) is 11.1. The van der Waals surface area contributed by atoms with E-state index in [2.05, 4.69) is 35.4 Å². The van der Waals surface area contributed by atoms with Crippen LogP contribution in [0.4, 0.5) is 5.82 Å². The second-order valence-corrected chi connectivity index (χ2v) is 4.40. The number of aryl methyl sites for hydroxylation is 1. The molecule has 0 radical (unpaired) electrons. The minimum Gasteiger partial charge on any atom is -0.359 e. The molecule has 1 amide bonds. The van der Waals surface area contributed by atoms with E-state index in [1.807, 2.05) is 44.5 Å². The zero-order valence-electron chi connectivity index (χ0n) is 16.0. The highest BCUT2D eigenvalue weighted by atomic mass is 16.5. The van der Waals surface area contributed by atoms with Gasteiger partial charge < -0.3 is 9.88 Å². The zero-order chi connectivity index (χ0) is 19.0. The molecule has 0 aliphatic rings. The van der Waals surface area contributed by atoms with E-state index in [-0.39, 0.29) is 5.91 Å². The molecular formula is C18H33N4O2+. The molecule has 6 nitrogen and oxygen atoms in total. The Balaban J connectivity index is 0. The first-order valence-electron chi connectivity index (χ1n) is 8.28. The molecule has 6 heteroatoms. The SMILES string of the molecule is CC.CC.CNC(C)=O.Cc1cccc(Cn2cnc([NH2+]O)c2)c1. The third kappa shape index (κ3) is 11.4. The fraction of sp³-hybridized carbons (Fsp3) is 0.444. The number of hydrogen-bond donors (Lipinski definition) is 3. The molecule has 24 heavy (non-hydrogen) atoms. The summed E-state index contributed by atoms with van der Waals surface area (Å²) >= 11 is 0. The van der Waals surface area contributed by atoms with Gasteiger partial charge in [-0.05, 0) is 12.5 Å². The Morgan fingerprint density at radius 1 is 1.29 bits per heavy atom. The number of benzene rings is 1. The Labute approximate surface area is 145 Å². The molecule has 0 bridgehead atoms. The second-order valence-electron chi connectivity index (χ2n) is 4.40. The van der Waals surface area contributed by atoms with Gasteiger partial charge in [-0.1, -0.05) is 57.5 Å². The summed E-state index contributed by atoms with van der Waals surface area (Å²) < 4.78 is 1.94. The lowest BCUT2D eigenvalue weighted by Gasteiger charge is -2.02. The summed E-state index contributed by atoms with van der Waals surface area (Å²) in [5.74, 6) is 0.590. The van der Waals surface area contributed by atoms with Crippen LogP contribution in [0, 0.1) is 6.92 Å². The number of quaternary nitrogens is 1. The summed E-state index contributed by atoms with van der Waals surface area (Å²) in [6.07, 6.45) is 3.52. The summed E-state index contributed by atoms with van der Waals surface area (Å²) in [6, 6.07) is 8.34. The first-order valence-corrected chi connectivity index (χ1v) is 8.28. The van der Waals surface area contributed by atoms with Crippen molar-refractivity contribution in [3.05, 3.63) is 47.9 Å². The highest BCUT2D eigenvalue weighted by Gasteiger charge is 2.01. The van der Waals surface area contributed by atoms with Crippen LogP contribution in [0.2, 0.25) is 0 Å². The van der Waals surface area contributed by atoms with Crippen molar-refractivity contribution in [1.29, 1.82) is 0 Å². The predicted molar refractivity (Wildman–Crippen MR) is 98.3 cm³/mol. The molecule has 2 aromatic rings. The lowest BCUT2D eigenvalue weighted by Crippen LogP contribution is -2.74. The Morgan fingerprint density at radius 3 is 2.29 bits per heavy atom. The highest BCUT2D eigenvalue weighted by molar-refractivity contribution is 5.72. The molecule has 0 aliphatic carbocycles. The van der Waals surface area contributed by atoms with Crippen molar-refractivity contribution < 1.29 is 15.5 Å². The van der Waals surface area contributed by atoms with Crippen molar-refractivity contribution in [2.75, 3.05) is 7.05 Å². The smallest absolute Gasteiger partial charge is 0.274 e. The molecule has 0 saturated carbocycles. The Kier molecular flexibility index (Phi) is 15.8. The van der Waals surface area contributed by atoms with Crippen molar-refractivity contribution in [2.24, 2.45) is 0 Å². The van der Waals surface area contributed by atoms with Crippen LogP contribution < -0.4 is 10.8 Å². The third-order valence-electron chi connectivity index (χ3n) is 2.59. The lowest BCUT2D eigenvalue weighted by atomic mass is 10.1. The number of amides is 1. The van der Waals surface area contributed by atoms with Gasteiger partial charge in [0.25, 0.3) is 5.82 Å². The zero-order valence-corrected chi connectivity index (χ0v) is 16.0. The summed E-state index contributed by atoms with van der Waals surface area (Å²) in [4.78, 5) is 13.7. The predicted octanol–water partition coefficient (Wildman–Crippen LogP) is 2.63. The van der Waals surface area contributed by atoms with Crippen molar-refractivity contribution in [2.45, 2.75) is 48.1 Å². The molecule has 1 heterocycles. The fourth-order valence-corrected chi connectivity index (χ4v) is 1.55. The number of carbonyl (C=O) groups is 1. The number of nitrogens with two attached hydrogens (primary N) is 1. The maximum absolute atomic E-state index is 9.70. The van der Waals surface area contributed by atoms with Gasteiger partial charge in [0.2, 0.25) is 5.91 Å². The van der Waals surface area contributed by atoms with Gasteiger partial charge >= 0.3 is 0 Å². The van der Waals surface area contributed by atoms with Crippen molar-refractivity contribution in [3.8, 4) is 0 Å². The van der Waals surface area contributed by atoms with Crippen LogP contribution in [0.15, 0.2) is 36.8 Å². The van der Waals surface area contributed by atoms with Gasteiger partial charge in [0.05, 0.1) is 6.20 Å². The Bertz CT molecular complexity index is 553. The third-order valence-corrected chi connectivity index (χ3v) is 2.59. The van der Waals surface area contributed by atoms with E-state index < -0.39 is 0 Å². The number of hydrogen-bond acceptors (Lipinski definition) is 3. The molecular weight excluding hydrogens is 304 g/mol. The molecule has 0 fully saturated rings. The number of aromatic nitrogens is 2. The van der Waals surface area contributed by atoms with E-state index in [1.165, 1.54) is 18.1 Å². The van der Waals surface area contributed by atoms with Gasteiger partial charge in [-0.15, -0.1) is 0 Å². The quantitative estimate of drug-likeness (QED) is 0.753. The number of nitrogens with zero attached hydrogens (tertiary/aromatic N) is 2. The summed E-state index contributed by atoms with van der Waals surface area (Å²) in [7, 11) is 1.60. The van der Waals surface area contributed by atoms with Crippen molar-refractivity contribution >= 4 is 11.7 Å². The molecule has 0 aliphatic heterocycles. The molecule has 0 unspecified atom stereocenters. The first kappa shape index (κ1) is 24.1. The largest absolute Gasteiger partial charge is 0.359 e. The van der Waals surface area contributed by atoms with E-state index in [4.69, 9.17) is 5.21 Å². The maximum atomic E-state index is 9.70. The van der Waals surface area contributed by atoms with E-state index >= 15 is 0 Å². The standard InChI is InChI=1S/C11H13N3O.C3H7NO.2C2H6/c1-9-3-2-4-10(5-9)6-14-7-11(13-15)12-8-14;1-3(5)4-2;2*1-2/h2-5,7-8,13,15H,6H2,1H3;1-2H3,(H,4,5);2*1-2H3/p+1. The fourth-order valence-electron chi connectivity index (χ4n) is 1.55. The molecule has 1 aromatic heterocycles. The van der Waals surface area contributed by atoms with Crippen LogP contribution in [0.5, 0.6) is 0 Å². The highest BCUT2D eigenvalue weighted by Crippen LogP contribution is 2.06. The molecule has 4 N–H and O–H groups in total. The average Bonchev–Trinajstić information content (AvgIpc) is 3.06. The monoisotopic (exact) mass is 337 g/mol. The topological polar surface area (TPSA) is 83.8 Å². The molecule has 2 rings (SSSR count). The average molecular weight is 337 g/mol. The van der Waals surface area contributed by atoms with Crippen LogP contribution in [0.25, 0.3) is 0 Å². The normalized spacial score (nSPS) is 8.50. The Hall–Kier alpha value is -2.18. The Morgan fingerprint density at radius 2 is 1.88 bits per heavy atom. The lowest BCUT2D eigenvalue weighted by molar-refractivity contribution is -0.828. The number of carbonyl (C=O) groups excluding carboxylic acids is 1.